The molecule has 3 aromatic rings. The highest BCUT2D eigenvalue weighted by Gasteiger charge is 2.49. The lowest BCUT2D eigenvalue weighted by atomic mass is 9.73. The van der Waals surface area contributed by atoms with Crippen LogP contribution < -0.4 is 5.32 Å². The second kappa shape index (κ2) is 12.9. The smallest absolute Gasteiger partial charge is 0.254 e. The van der Waals surface area contributed by atoms with Gasteiger partial charge in [-0.2, -0.15) is 0 Å². The van der Waals surface area contributed by atoms with Crippen LogP contribution in [0.4, 0.5) is 0 Å². The van der Waals surface area contributed by atoms with Gasteiger partial charge in [-0.1, -0.05) is 108 Å². The average Bonchev–Trinajstić information content (AvgIpc) is 2.97. The zero-order chi connectivity index (χ0) is 28.1. The lowest BCUT2D eigenvalue weighted by molar-refractivity contribution is -0.125. The molecule has 0 spiro atoms. The van der Waals surface area contributed by atoms with Gasteiger partial charge in [0.05, 0.1) is 24.6 Å². The summed E-state index contributed by atoms with van der Waals surface area (Å²) >= 11 is 13.1. The van der Waals surface area contributed by atoms with Crippen molar-refractivity contribution in [1.82, 2.24) is 10.2 Å². The van der Waals surface area contributed by atoms with Gasteiger partial charge in [0.1, 0.15) is 0 Å². The van der Waals surface area contributed by atoms with Crippen LogP contribution in [0.15, 0.2) is 107 Å². The first kappa shape index (κ1) is 28.2. The highest BCUT2D eigenvalue weighted by Crippen LogP contribution is 2.44. The molecule has 2 amide bonds. The van der Waals surface area contributed by atoms with Gasteiger partial charge in [-0.3, -0.25) is 9.59 Å². The average molecular weight is 576 g/mol. The quantitative estimate of drug-likeness (QED) is 0.338. The van der Waals surface area contributed by atoms with E-state index in [0.29, 0.717) is 47.0 Å². The van der Waals surface area contributed by atoms with Gasteiger partial charge in [0.2, 0.25) is 5.91 Å². The van der Waals surface area contributed by atoms with Crippen molar-refractivity contribution in [2.75, 3.05) is 13.2 Å². The van der Waals surface area contributed by atoms with Crippen molar-refractivity contribution in [2.24, 2.45) is 5.92 Å². The minimum atomic E-state index is -0.688. The number of aliphatic hydroxyl groups excluding tert-OH is 1. The normalized spacial score (nSPS) is 21.2. The lowest BCUT2D eigenvalue weighted by Gasteiger charge is -2.48. The van der Waals surface area contributed by atoms with Crippen molar-refractivity contribution in [3.05, 3.63) is 129 Å². The van der Waals surface area contributed by atoms with Gasteiger partial charge in [0.15, 0.2) is 0 Å². The molecule has 0 bridgehead atoms. The van der Waals surface area contributed by atoms with E-state index < -0.39 is 18.0 Å². The van der Waals surface area contributed by atoms with E-state index in [0.717, 1.165) is 11.1 Å². The SMILES string of the molecule is O=C(NCCc1ccccc1)[C@H]1c2ccccc2C(=O)N([C@H](CO)Cc2ccccc2)[C@@H]1C1CC=C(Cl)C=C1Cl. The number of aliphatic hydroxyl groups is 1. The van der Waals surface area contributed by atoms with Crippen LogP contribution in [0.3, 0.4) is 0 Å². The lowest BCUT2D eigenvalue weighted by Crippen LogP contribution is -2.60. The molecule has 0 fully saturated rings. The molecular formula is C33H32Cl2N2O3. The van der Waals surface area contributed by atoms with Gasteiger partial charge in [-0.05, 0) is 48.1 Å². The monoisotopic (exact) mass is 574 g/mol. The molecular weight excluding hydrogens is 543 g/mol. The Kier molecular flexibility index (Phi) is 9.05. The highest BCUT2D eigenvalue weighted by molar-refractivity contribution is 6.35. The molecule has 0 saturated heterocycles. The number of hydrogen-bond donors (Lipinski definition) is 2. The molecule has 0 saturated carbocycles. The van der Waals surface area contributed by atoms with Crippen molar-refractivity contribution < 1.29 is 14.7 Å². The van der Waals surface area contributed by atoms with E-state index in [4.69, 9.17) is 23.2 Å². The van der Waals surface area contributed by atoms with Crippen molar-refractivity contribution in [1.29, 1.82) is 0 Å². The van der Waals surface area contributed by atoms with E-state index in [9.17, 15) is 14.7 Å². The number of benzene rings is 3. The van der Waals surface area contributed by atoms with Crippen LogP contribution in [0.25, 0.3) is 0 Å². The van der Waals surface area contributed by atoms with Gasteiger partial charge in [-0.25, -0.2) is 0 Å². The Morgan fingerprint density at radius 3 is 2.27 bits per heavy atom. The minimum absolute atomic E-state index is 0.174. The third kappa shape index (κ3) is 6.02. The Bertz CT molecular complexity index is 1410. The zero-order valence-electron chi connectivity index (χ0n) is 22.0. The summed E-state index contributed by atoms with van der Waals surface area (Å²) in [6.07, 6.45) is 5.16. The minimum Gasteiger partial charge on any atom is -0.394 e. The molecule has 7 heteroatoms. The molecule has 2 aliphatic rings. The number of allylic oxidation sites excluding steroid dienone is 3. The number of amides is 2. The maximum Gasteiger partial charge on any atom is 0.254 e. The summed E-state index contributed by atoms with van der Waals surface area (Å²) in [6, 6.07) is 25.8. The number of rotatable bonds is 9. The summed E-state index contributed by atoms with van der Waals surface area (Å²) in [5, 5.41) is 14.8. The van der Waals surface area contributed by atoms with E-state index in [1.807, 2.05) is 78.9 Å². The highest BCUT2D eigenvalue weighted by atomic mass is 35.5. The number of nitrogens with one attached hydrogen (secondary N) is 1. The van der Waals surface area contributed by atoms with Crippen molar-refractivity contribution in [2.45, 2.75) is 37.3 Å². The zero-order valence-corrected chi connectivity index (χ0v) is 23.6. The third-order valence-electron chi connectivity index (χ3n) is 7.79. The number of carbonyl (C=O) groups is 2. The molecule has 3 aromatic carbocycles. The van der Waals surface area contributed by atoms with E-state index in [1.165, 1.54) is 0 Å². The van der Waals surface area contributed by atoms with Crippen molar-refractivity contribution in [3.8, 4) is 0 Å². The molecule has 1 unspecified atom stereocenters. The summed E-state index contributed by atoms with van der Waals surface area (Å²) in [6.45, 7) is 0.196. The van der Waals surface area contributed by atoms with E-state index in [2.05, 4.69) is 5.32 Å². The predicted molar refractivity (Wildman–Crippen MR) is 159 cm³/mol. The Hall–Kier alpha value is -3.38. The molecule has 40 heavy (non-hydrogen) atoms. The van der Waals surface area contributed by atoms with E-state index in [1.54, 1.807) is 23.1 Å². The summed E-state index contributed by atoms with van der Waals surface area (Å²) in [4.78, 5) is 30.0. The summed E-state index contributed by atoms with van der Waals surface area (Å²) in [5.74, 6) is -1.44. The first-order chi connectivity index (χ1) is 19.5. The standard InChI is InChI=1S/C33H32Cl2N2O3/c34-24-15-16-28(29(35)20-24)31-30(32(39)36-18-17-22-9-3-1-4-10-22)26-13-7-8-14-27(26)33(40)37(31)25(21-38)19-23-11-5-2-6-12-23/h1-15,20,25,28,30-31,38H,16-19,21H2,(H,36,39)/t25-,28?,30-,31+/m0/s1. The van der Waals surface area contributed by atoms with Gasteiger partial charge >= 0.3 is 0 Å². The van der Waals surface area contributed by atoms with E-state index in [-0.39, 0.29) is 24.3 Å². The molecule has 1 aliphatic heterocycles. The van der Waals surface area contributed by atoms with Crippen LogP contribution in [-0.4, -0.2) is 47.1 Å². The maximum atomic E-state index is 14.2. The first-order valence-corrected chi connectivity index (χ1v) is 14.3. The molecule has 2 N–H and O–H groups in total. The number of hydrogen-bond acceptors (Lipinski definition) is 3. The Morgan fingerprint density at radius 1 is 0.950 bits per heavy atom. The number of nitrogens with zero attached hydrogens (tertiary/aromatic N) is 1. The Balaban J connectivity index is 1.55. The van der Waals surface area contributed by atoms with Gasteiger partial charge in [0.25, 0.3) is 5.91 Å². The molecule has 0 aromatic heterocycles. The molecule has 1 aliphatic carbocycles. The fourth-order valence-electron chi connectivity index (χ4n) is 5.89. The largest absolute Gasteiger partial charge is 0.394 e. The second-order valence-electron chi connectivity index (χ2n) is 10.3. The van der Waals surface area contributed by atoms with Gasteiger partial charge < -0.3 is 15.3 Å². The molecule has 0 radical (unpaired) electrons. The van der Waals surface area contributed by atoms with Crippen LogP contribution in [-0.2, 0) is 17.6 Å². The van der Waals surface area contributed by atoms with Crippen LogP contribution in [0.1, 0.15) is 39.4 Å². The fraction of sp³-hybridized carbons (Fsp3) is 0.273. The number of halogens is 2. The summed E-state index contributed by atoms with van der Waals surface area (Å²) < 4.78 is 0. The van der Waals surface area contributed by atoms with E-state index >= 15 is 0 Å². The van der Waals surface area contributed by atoms with Crippen LogP contribution >= 0.6 is 23.2 Å². The maximum absolute atomic E-state index is 14.2. The molecule has 5 rings (SSSR count). The van der Waals surface area contributed by atoms with Gasteiger partial charge in [-0.15, -0.1) is 0 Å². The van der Waals surface area contributed by atoms with Crippen LogP contribution in [0.5, 0.6) is 0 Å². The van der Waals surface area contributed by atoms with Crippen molar-refractivity contribution in [3.63, 3.8) is 0 Å². The second-order valence-corrected chi connectivity index (χ2v) is 11.2. The van der Waals surface area contributed by atoms with Crippen LogP contribution in [0.2, 0.25) is 0 Å². The Labute approximate surface area is 245 Å². The van der Waals surface area contributed by atoms with Crippen molar-refractivity contribution >= 4 is 35.0 Å². The summed E-state index contributed by atoms with van der Waals surface area (Å²) in [7, 11) is 0. The topological polar surface area (TPSA) is 69.6 Å². The van der Waals surface area contributed by atoms with Gasteiger partial charge in [0, 0.05) is 28.1 Å². The molecule has 5 nitrogen and oxygen atoms in total. The number of fused-ring (bicyclic) bond motifs is 1. The summed E-state index contributed by atoms with van der Waals surface area (Å²) in [5.41, 5.74) is 3.26. The molecule has 1 heterocycles. The molecule has 4 atom stereocenters. The fourth-order valence-corrected chi connectivity index (χ4v) is 6.49. The van der Waals surface area contributed by atoms with Crippen LogP contribution in [0, 0.1) is 5.92 Å². The third-order valence-corrected chi connectivity index (χ3v) is 8.44. The predicted octanol–water partition coefficient (Wildman–Crippen LogP) is 5.82. The number of carbonyl (C=O) groups excluding carboxylic acids is 2. The Morgan fingerprint density at radius 2 is 1.60 bits per heavy atom. The molecule has 206 valence electrons. The first-order valence-electron chi connectivity index (χ1n) is 13.6.